The molecule has 2 rings (SSSR count). The molecule has 100 valence electrons. The Kier molecular flexibility index (Phi) is 4.75. The SMILES string of the molecule is CCc1nccn1CCNC(=O)CN1CCCC1. The first-order valence-corrected chi connectivity index (χ1v) is 6.78. The number of hydrogen-bond donors (Lipinski definition) is 1. The topological polar surface area (TPSA) is 50.2 Å². The van der Waals surface area contributed by atoms with Crippen molar-refractivity contribution < 1.29 is 4.79 Å². The Morgan fingerprint density at radius 2 is 2.22 bits per heavy atom. The van der Waals surface area contributed by atoms with Crippen LogP contribution in [0.1, 0.15) is 25.6 Å². The predicted octanol–water partition coefficient (Wildman–Crippen LogP) is 0.657. The van der Waals surface area contributed by atoms with Crippen LogP contribution in [0.2, 0.25) is 0 Å². The van der Waals surface area contributed by atoms with E-state index in [0.29, 0.717) is 13.1 Å². The molecule has 1 amide bonds. The van der Waals surface area contributed by atoms with Crippen LogP contribution < -0.4 is 5.32 Å². The number of nitrogens with one attached hydrogen (secondary N) is 1. The highest BCUT2D eigenvalue weighted by atomic mass is 16.2. The van der Waals surface area contributed by atoms with Crippen molar-refractivity contribution in [2.45, 2.75) is 32.7 Å². The fourth-order valence-electron chi connectivity index (χ4n) is 2.37. The fraction of sp³-hybridized carbons (Fsp3) is 0.692. The number of carbonyl (C=O) groups is 1. The minimum Gasteiger partial charge on any atom is -0.353 e. The minimum absolute atomic E-state index is 0.134. The zero-order chi connectivity index (χ0) is 12.8. The van der Waals surface area contributed by atoms with Crippen molar-refractivity contribution in [3.63, 3.8) is 0 Å². The summed E-state index contributed by atoms with van der Waals surface area (Å²) in [5.74, 6) is 1.21. The molecule has 5 nitrogen and oxygen atoms in total. The molecule has 0 bridgehead atoms. The fourth-order valence-corrected chi connectivity index (χ4v) is 2.37. The summed E-state index contributed by atoms with van der Waals surface area (Å²) in [7, 11) is 0. The van der Waals surface area contributed by atoms with Gasteiger partial charge in [0.25, 0.3) is 0 Å². The van der Waals surface area contributed by atoms with Crippen molar-refractivity contribution >= 4 is 5.91 Å². The van der Waals surface area contributed by atoms with E-state index >= 15 is 0 Å². The van der Waals surface area contributed by atoms with E-state index in [1.54, 1.807) is 0 Å². The molecule has 2 heterocycles. The van der Waals surface area contributed by atoms with Crippen molar-refractivity contribution in [3.8, 4) is 0 Å². The van der Waals surface area contributed by atoms with Crippen molar-refractivity contribution in [1.82, 2.24) is 19.8 Å². The van der Waals surface area contributed by atoms with Gasteiger partial charge in [0.1, 0.15) is 5.82 Å². The number of imidazole rings is 1. The summed E-state index contributed by atoms with van der Waals surface area (Å²) < 4.78 is 2.09. The largest absolute Gasteiger partial charge is 0.353 e. The van der Waals surface area contributed by atoms with Gasteiger partial charge >= 0.3 is 0 Å². The third-order valence-electron chi connectivity index (χ3n) is 3.36. The number of aromatic nitrogens is 2. The predicted molar refractivity (Wildman–Crippen MR) is 70.3 cm³/mol. The van der Waals surface area contributed by atoms with Crippen molar-refractivity contribution in [1.29, 1.82) is 0 Å². The lowest BCUT2D eigenvalue weighted by Gasteiger charge is -2.14. The summed E-state index contributed by atoms with van der Waals surface area (Å²) in [6.07, 6.45) is 7.15. The Hall–Kier alpha value is -1.36. The van der Waals surface area contributed by atoms with Crippen LogP contribution in [-0.2, 0) is 17.8 Å². The summed E-state index contributed by atoms with van der Waals surface area (Å²) >= 11 is 0. The van der Waals surface area contributed by atoms with Crippen LogP contribution in [-0.4, -0.2) is 46.5 Å². The smallest absolute Gasteiger partial charge is 0.234 e. The number of likely N-dealkylation sites (tertiary alicyclic amines) is 1. The Bertz CT molecular complexity index is 382. The molecule has 1 N–H and O–H groups in total. The summed E-state index contributed by atoms with van der Waals surface area (Å²) in [6, 6.07) is 0. The minimum atomic E-state index is 0.134. The molecule has 0 unspecified atom stereocenters. The number of rotatable bonds is 6. The molecule has 1 aliphatic rings. The van der Waals surface area contributed by atoms with Crippen LogP contribution in [0.3, 0.4) is 0 Å². The molecule has 0 radical (unpaired) electrons. The van der Waals surface area contributed by atoms with Crippen LogP contribution in [0.15, 0.2) is 12.4 Å². The van der Waals surface area contributed by atoms with Crippen LogP contribution in [0.4, 0.5) is 0 Å². The van der Waals surface area contributed by atoms with E-state index in [9.17, 15) is 4.79 Å². The zero-order valence-electron chi connectivity index (χ0n) is 11.1. The van der Waals surface area contributed by atoms with Crippen LogP contribution in [0.25, 0.3) is 0 Å². The lowest BCUT2D eigenvalue weighted by Crippen LogP contribution is -2.37. The standard InChI is InChI=1S/C13H22N4O/c1-2-12-14-5-9-17(12)10-6-15-13(18)11-16-7-3-4-8-16/h5,9H,2-4,6-8,10-11H2,1H3,(H,15,18). The molecule has 18 heavy (non-hydrogen) atoms. The highest BCUT2D eigenvalue weighted by molar-refractivity contribution is 5.77. The van der Waals surface area contributed by atoms with Gasteiger partial charge in [-0.05, 0) is 25.9 Å². The second-order valence-electron chi connectivity index (χ2n) is 4.72. The molecule has 1 aromatic heterocycles. The molecule has 0 saturated carbocycles. The first-order chi connectivity index (χ1) is 8.79. The Morgan fingerprint density at radius 1 is 1.44 bits per heavy atom. The molecule has 0 aromatic carbocycles. The maximum atomic E-state index is 11.7. The first-order valence-electron chi connectivity index (χ1n) is 6.78. The number of aryl methyl sites for hydroxylation is 1. The third kappa shape index (κ3) is 3.57. The molecular weight excluding hydrogens is 228 g/mol. The molecule has 1 saturated heterocycles. The number of amides is 1. The quantitative estimate of drug-likeness (QED) is 0.807. The summed E-state index contributed by atoms with van der Waals surface area (Å²) in [4.78, 5) is 18.2. The highest BCUT2D eigenvalue weighted by Gasteiger charge is 2.14. The third-order valence-corrected chi connectivity index (χ3v) is 3.36. The second kappa shape index (κ2) is 6.54. The van der Waals surface area contributed by atoms with Gasteiger partial charge in [-0.25, -0.2) is 4.98 Å². The van der Waals surface area contributed by atoms with E-state index in [0.717, 1.165) is 31.9 Å². The van der Waals surface area contributed by atoms with Crippen molar-refractivity contribution in [3.05, 3.63) is 18.2 Å². The summed E-state index contributed by atoms with van der Waals surface area (Å²) in [5, 5.41) is 2.97. The molecule has 1 fully saturated rings. The van der Waals surface area contributed by atoms with E-state index in [1.165, 1.54) is 12.8 Å². The lowest BCUT2D eigenvalue weighted by molar-refractivity contribution is -0.122. The van der Waals surface area contributed by atoms with E-state index < -0.39 is 0 Å². The number of carbonyl (C=O) groups excluding carboxylic acids is 1. The van der Waals surface area contributed by atoms with E-state index in [1.807, 2.05) is 12.4 Å². The van der Waals surface area contributed by atoms with Gasteiger partial charge in [-0.2, -0.15) is 0 Å². The molecule has 0 atom stereocenters. The van der Waals surface area contributed by atoms with Gasteiger partial charge in [0.15, 0.2) is 0 Å². The summed E-state index contributed by atoms with van der Waals surface area (Å²) in [5.41, 5.74) is 0. The monoisotopic (exact) mass is 250 g/mol. The Balaban J connectivity index is 1.66. The van der Waals surface area contributed by atoms with Gasteiger partial charge < -0.3 is 9.88 Å². The lowest BCUT2D eigenvalue weighted by atomic mass is 10.4. The Morgan fingerprint density at radius 3 is 2.94 bits per heavy atom. The van der Waals surface area contributed by atoms with Crippen LogP contribution in [0.5, 0.6) is 0 Å². The maximum absolute atomic E-state index is 11.7. The summed E-state index contributed by atoms with van der Waals surface area (Å²) in [6.45, 7) is 6.24. The molecule has 0 aliphatic carbocycles. The zero-order valence-corrected chi connectivity index (χ0v) is 11.1. The van der Waals surface area contributed by atoms with E-state index in [-0.39, 0.29) is 5.91 Å². The molecule has 1 aromatic rings. The van der Waals surface area contributed by atoms with Gasteiger partial charge in [-0.1, -0.05) is 6.92 Å². The van der Waals surface area contributed by atoms with Gasteiger partial charge in [0, 0.05) is 31.9 Å². The van der Waals surface area contributed by atoms with E-state index in [4.69, 9.17) is 0 Å². The maximum Gasteiger partial charge on any atom is 0.234 e. The molecule has 5 heteroatoms. The second-order valence-corrected chi connectivity index (χ2v) is 4.72. The van der Waals surface area contributed by atoms with Gasteiger partial charge in [0.05, 0.1) is 6.54 Å². The Labute approximate surface area is 108 Å². The molecular formula is C13H22N4O. The van der Waals surface area contributed by atoms with Gasteiger partial charge in [0.2, 0.25) is 5.91 Å². The normalized spacial score (nSPS) is 16.1. The molecule has 0 spiro atoms. The van der Waals surface area contributed by atoms with Gasteiger partial charge in [-0.3, -0.25) is 9.69 Å². The van der Waals surface area contributed by atoms with E-state index in [2.05, 4.69) is 26.7 Å². The average Bonchev–Trinajstić information content (AvgIpc) is 3.00. The van der Waals surface area contributed by atoms with Crippen molar-refractivity contribution in [2.75, 3.05) is 26.2 Å². The average molecular weight is 250 g/mol. The highest BCUT2D eigenvalue weighted by Crippen LogP contribution is 2.05. The first kappa shape index (κ1) is 13.1. The van der Waals surface area contributed by atoms with Gasteiger partial charge in [-0.15, -0.1) is 0 Å². The van der Waals surface area contributed by atoms with Crippen molar-refractivity contribution in [2.24, 2.45) is 0 Å². The van der Waals surface area contributed by atoms with Crippen LogP contribution >= 0.6 is 0 Å². The number of hydrogen-bond acceptors (Lipinski definition) is 3. The number of nitrogens with zero attached hydrogens (tertiary/aromatic N) is 3. The van der Waals surface area contributed by atoms with Crippen LogP contribution in [0, 0.1) is 0 Å². The molecule has 1 aliphatic heterocycles.